The van der Waals surface area contributed by atoms with E-state index in [1.165, 1.54) is 0 Å². The first-order valence-corrected chi connectivity index (χ1v) is 8.50. The largest absolute Gasteiger partial charge is 0.419 e. The van der Waals surface area contributed by atoms with E-state index >= 15 is 0 Å². The van der Waals surface area contributed by atoms with Crippen molar-refractivity contribution in [1.29, 1.82) is 0 Å². The van der Waals surface area contributed by atoms with Gasteiger partial charge in [-0.05, 0) is 41.3 Å². The molecule has 0 radical (unpaired) electrons. The number of aromatic nitrogens is 4. The Morgan fingerprint density at radius 3 is 2.60 bits per heavy atom. The van der Waals surface area contributed by atoms with Crippen LogP contribution in [-0.2, 0) is 6.18 Å². The number of halogens is 4. The smallest absolute Gasteiger partial charge is 0.368 e. The SMILES string of the molecule is Nc1ncc(C(F)(F)F)c(-c2cn(C3CCC3)c3cnc(Br)cc23)n1. The van der Waals surface area contributed by atoms with Crippen LogP contribution < -0.4 is 5.73 Å². The summed E-state index contributed by atoms with van der Waals surface area (Å²) in [4.78, 5) is 11.6. The number of nitrogen functional groups attached to an aromatic ring is 1. The van der Waals surface area contributed by atoms with Crippen molar-refractivity contribution >= 4 is 32.8 Å². The van der Waals surface area contributed by atoms with Gasteiger partial charge in [-0.2, -0.15) is 13.2 Å². The van der Waals surface area contributed by atoms with Crippen molar-refractivity contribution < 1.29 is 13.2 Å². The molecule has 0 atom stereocenters. The van der Waals surface area contributed by atoms with E-state index < -0.39 is 11.7 Å². The van der Waals surface area contributed by atoms with Crippen LogP contribution in [0, 0.1) is 0 Å². The molecule has 130 valence electrons. The third-order valence-corrected chi connectivity index (χ3v) is 4.96. The van der Waals surface area contributed by atoms with Crippen LogP contribution in [0.25, 0.3) is 22.2 Å². The quantitative estimate of drug-likeness (QED) is 0.626. The van der Waals surface area contributed by atoms with Crippen LogP contribution in [0.1, 0.15) is 30.9 Å². The number of alkyl halides is 3. The van der Waals surface area contributed by atoms with Crippen molar-refractivity contribution in [2.75, 3.05) is 5.73 Å². The molecule has 1 saturated carbocycles. The Hall–Kier alpha value is -2.16. The number of anilines is 1. The average Bonchev–Trinajstić information content (AvgIpc) is 2.82. The fourth-order valence-corrected chi connectivity index (χ4v) is 3.42. The van der Waals surface area contributed by atoms with E-state index in [1.807, 2.05) is 4.57 Å². The summed E-state index contributed by atoms with van der Waals surface area (Å²) in [5.74, 6) is -0.194. The average molecular weight is 412 g/mol. The van der Waals surface area contributed by atoms with Gasteiger partial charge in [-0.25, -0.2) is 15.0 Å². The molecule has 0 unspecified atom stereocenters. The van der Waals surface area contributed by atoms with Crippen LogP contribution in [-0.4, -0.2) is 19.5 Å². The van der Waals surface area contributed by atoms with Gasteiger partial charge in [-0.1, -0.05) is 0 Å². The minimum atomic E-state index is -4.57. The summed E-state index contributed by atoms with van der Waals surface area (Å²) in [5, 5.41) is 0.650. The molecule has 0 saturated heterocycles. The predicted molar refractivity (Wildman–Crippen MR) is 90.8 cm³/mol. The normalized spacial score (nSPS) is 15.5. The number of nitrogens with two attached hydrogens (primary N) is 1. The van der Waals surface area contributed by atoms with E-state index in [-0.39, 0.29) is 17.7 Å². The first-order valence-electron chi connectivity index (χ1n) is 7.71. The fourth-order valence-electron chi connectivity index (χ4n) is 3.09. The zero-order valence-electron chi connectivity index (χ0n) is 12.9. The van der Waals surface area contributed by atoms with E-state index in [0.29, 0.717) is 15.6 Å². The highest BCUT2D eigenvalue weighted by molar-refractivity contribution is 9.10. The van der Waals surface area contributed by atoms with Crippen LogP contribution in [0.3, 0.4) is 0 Å². The highest BCUT2D eigenvalue weighted by Crippen LogP contribution is 2.42. The number of hydrogen-bond donors (Lipinski definition) is 1. The van der Waals surface area contributed by atoms with Gasteiger partial charge in [0.2, 0.25) is 5.95 Å². The van der Waals surface area contributed by atoms with Gasteiger partial charge in [0.1, 0.15) is 10.2 Å². The van der Waals surface area contributed by atoms with E-state index in [4.69, 9.17) is 5.73 Å². The molecule has 5 nitrogen and oxygen atoms in total. The zero-order valence-corrected chi connectivity index (χ0v) is 14.5. The van der Waals surface area contributed by atoms with Crippen molar-refractivity contribution in [3.63, 3.8) is 0 Å². The number of rotatable bonds is 2. The Bertz CT molecular complexity index is 962. The van der Waals surface area contributed by atoms with Crippen LogP contribution in [0.2, 0.25) is 0 Å². The van der Waals surface area contributed by atoms with Crippen LogP contribution in [0.15, 0.2) is 29.3 Å². The molecular formula is C16H13BrF3N5. The van der Waals surface area contributed by atoms with Crippen molar-refractivity contribution in [2.24, 2.45) is 0 Å². The van der Waals surface area contributed by atoms with Gasteiger partial charge < -0.3 is 10.3 Å². The lowest BCUT2D eigenvalue weighted by atomic mass is 9.93. The topological polar surface area (TPSA) is 69.6 Å². The van der Waals surface area contributed by atoms with Gasteiger partial charge in [0, 0.05) is 29.4 Å². The molecule has 1 aliphatic rings. The minimum absolute atomic E-state index is 0.194. The van der Waals surface area contributed by atoms with Gasteiger partial charge in [-0.3, -0.25) is 0 Å². The summed E-state index contributed by atoms with van der Waals surface area (Å²) in [7, 11) is 0. The molecule has 2 N–H and O–H groups in total. The second-order valence-electron chi connectivity index (χ2n) is 6.05. The molecule has 4 rings (SSSR count). The third kappa shape index (κ3) is 2.76. The zero-order chi connectivity index (χ0) is 17.8. The second-order valence-corrected chi connectivity index (χ2v) is 6.86. The number of fused-ring (bicyclic) bond motifs is 1. The summed E-state index contributed by atoms with van der Waals surface area (Å²) < 4.78 is 42.9. The Kier molecular flexibility index (Phi) is 3.71. The van der Waals surface area contributed by atoms with Gasteiger partial charge in [0.15, 0.2) is 0 Å². The van der Waals surface area contributed by atoms with Gasteiger partial charge in [-0.15, -0.1) is 0 Å². The molecule has 0 amide bonds. The Morgan fingerprint density at radius 1 is 1.20 bits per heavy atom. The molecule has 3 heterocycles. The van der Waals surface area contributed by atoms with Crippen molar-refractivity contribution in [1.82, 2.24) is 19.5 Å². The molecule has 0 aliphatic heterocycles. The molecule has 25 heavy (non-hydrogen) atoms. The van der Waals surface area contributed by atoms with E-state index in [2.05, 4.69) is 30.9 Å². The summed E-state index contributed by atoms with van der Waals surface area (Å²) in [6.45, 7) is 0. The monoisotopic (exact) mass is 411 g/mol. The predicted octanol–water partition coefficient (Wildman–Crippen LogP) is 4.58. The number of hydrogen-bond acceptors (Lipinski definition) is 4. The van der Waals surface area contributed by atoms with E-state index in [0.717, 1.165) is 31.0 Å². The first kappa shape index (κ1) is 16.3. The van der Waals surface area contributed by atoms with Crippen LogP contribution in [0.4, 0.5) is 19.1 Å². The minimum Gasteiger partial charge on any atom is -0.368 e. The molecule has 0 aromatic carbocycles. The van der Waals surface area contributed by atoms with Gasteiger partial charge in [0.05, 0.1) is 17.4 Å². The summed E-state index contributed by atoms with van der Waals surface area (Å²) in [6.07, 6.45) is 2.66. The molecule has 1 aliphatic carbocycles. The Balaban J connectivity index is 2.02. The lowest BCUT2D eigenvalue weighted by Gasteiger charge is -2.27. The maximum Gasteiger partial charge on any atom is 0.419 e. The van der Waals surface area contributed by atoms with E-state index in [9.17, 15) is 13.2 Å². The highest BCUT2D eigenvalue weighted by Gasteiger charge is 2.36. The molecule has 0 spiro atoms. The standard InChI is InChI=1S/C16H13BrF3N5/c17-13-4-9-10(7-25(8-2-1-3-8)12(9)6-22-13)14-11(16(18,19)20)5-23-15(21)24-14/h4-8H,1-3H2,(H2,21,23,24). The summed E-state index contributed by atoms with van der Waals surface area (Å²) in [5.41, 5.74) is 5.63. The maximum atomic E-state index is 13.4. The lowest BCUT2D eigenvalue weighted by molar-refractivity contribution is -0.137. The molecule has 3 aromatic rings. The fraction of sp³-hybridized carbons (Fsp3) is 0.312. The van der Waals surface area contributed by atoms with Gasteiger partial charge in [0.25, 0.3) is 0 Å². The second kappa shape index (κ2) is 5.69. The molecule has 1 fully saturated rings. The summed E-state index contributed by atoms with van der Waals surface area (Å²) >= 11 is 3.29. The summed E-state index contributed by atoms with van der Waals surface area (Å²) in [6, 6.07) is 1.98. The molecular weight excluding hydrogens is 399 g/mol. The number of pyridine rings is 1. The number of nitrogens with zero attached hydrogens (tertiary/aromatic N) is 4. The maximum absolute atomic E-state index is 13.4. The van der Waals surface area contributed by atoms with Crippen molar-refractivity contribution in [3.8, 4) is 11.3 Å². The lowest BCUT2D eigenvalue weighted by Crippen LogP contribution is -2.16. The van der Waals surface area contributed by atoms with E-state index in [1.54, 1.807) is 18.5 Å². The highest BCUT2D eigenvalue weighted by atomic mass is 79.9. The third-order valence-electron chi connectivity index (χ3n) is 4.52. The molecule has 0 bridgehead atoms. The Morgan fingerprint density at radius 2 is 1.96 bits per heavy atom. The molecule has 3 aromatic heterocycles. The molecule has 9 heteroatoms. The Labute approximate surface area is 149 Å². The first-order chi connectivity index (χ1) is 11.8. The van der Waals surface area contributed by atoms with Crippen molar-refractivity contribution in [3.05, 3.63) is 34.8 Å². The van der Waals surface area contributed by atoms with Crippen LogP contribution >= 0.6 is 15.9 Å². The van der Waals surface area contributed by atoms with Crippen molar-refractivity contribution in [2.45, 2.75) is 31.5 Å². The van der Waals surface area contributed by atoms with Crippen LogP contribution in [0.5, 0.6) is 0 Å². The van der Waals surface area contributed by atoms with Gasteiger partial charge >= 0.3 is 6.18 Å².